The number of ether oxygens (including phenoxy) is 1. The Kier molecular flexibility index (Phi) is 7.85. The highest BCUT2D eigenvalue weighted by Gasteiger charge is 2.25. The summed E-state index contributed by atoms with van der Waals surface area (Å²) >= 11 is 8.12. The van der Waals surface area contributed by atoms with Gasteiger partial charge in [-0.1, -0.05) is 35.9 Å². The van der Waals surface area contributed by atoms with Crippen LogP contribution in [0.4, 0.5) is 8.78 Å². The molecule has 0 aliphatic carbocycles. The van der Waals surface area contributed by atoms with Crippen molar-refractivity contribution in [1.29, 1.82) is 0 Å². The number of thioether (sulfide) groups is 1. The number of allylic oxidation sites excluding steroid dienone is 1. The van der Waals surface area contributed by atoms with Crippen molar-refractivity contribution in [2.75, 3.05) is 32.1 Å². The number of rotatable bonds is 7. The number of alkyl halides is 1. The number of nitrogens with zero attached hydrogens (tertiary/aromatic N) is 1. The molecule has 2 aliphatic heterocycles. The summed E-state index contributed by atoms with van der Waals surface area (Å²) in [4.78, 5) is 3.22. The molecule has 1 atom stereocenters. The van der Waals surface area contributed by atoms with Gasteiger partial charge in [0.1, 0.15) is 23.4 Å². The van der Waals surface area contributed by atoms with Crippen LogP contribution in [0.3, 0.4) is 0 Å². The molecule has 3 aromatic rings. The normalized spacial score (nSPS) is 18.2. The summed E-state index contributed by atoms with van der Waals surface area (Å²) in [5.74, 6) is 1.35. The molecule has 0 aromatic heterocycles. The standard InChI is InChI=1S/C29H28ClF2NO2S/c30-29-24(3-1-4-26(29)32)23-12-16-36-27-17-20(34)7-10-25(27)28(23)19-5-8-21(9-6-19)35-22-11-15-33(18-22)14-2-13-31/h1,3-10,17,22,34H,2,11-16,18H2. The second kappa shape index (κ2) is 11.2. The molecular weight excluding hydrogens is 500 g/mol. The molecule has 0 saturated carbocycles. The minimum Gasteiger partial charge on any atom is -0.508 e. The molecule has 5 rings (SSSR count). The maximum Gasteiger partial charge on any atom is 0.142 e. The lowest BCUT2D eigenvalue weighted by Crippen LogP contribution is -2.26. The van der Waals surface area contributed by atoms with Crippen molar-refractivity contribution in [3.63, 3.8) is 0 Å². The molecule has 0 radical (unpaired) electrons. The molecule has 2 aliphatic rings. The molecule has 188 valence electrons. The van der Waals surface area contributed by atoms with Gasteiger partial charge in [-0.3, -0.25) is 9.29 Å². The average molecular weight is 528 g/mol. The largest absolute Gasteiger partial charge is 0.508 e. The van der Waals surface area contributed by atoms with Gasteiger partial charge in [0, 0.05) is 30.3 Å². The summed E-state index contributed by atoms with van der Waals surface area (Å²) in [6, 6.07) is 18.3. The highest BCUT2D eigenvalue weighted by molar-refractivity contribution is 7.99. The number of likely N-dealkylation sites (tertiary alicyclic amines) is 1. The Hall–Kier alpha value is -2.54. The maximum atomic E-state index is 14.4. The average Bonchev–Trinajstić information content (AvgIpc) is 3.24. The zero-order valence-corrected chi connectivity index (χ0v) is 21.4. The molecule has 3 aromatic carbocycles. The van der Waals surface area contributed by atoms with Gasteiger partial charge >= 0.3 is 0 Å². The fraction of sp³-hybridized carbons (Fsp3) is 0.310. The number of phenols is 1. The van der Waals surface area contributed by atoms with Crippen LogP contribution in [0.25, 0.3) is 11.1 Å². The van der Waals surface area contributed by atoms with Crippen LogP contribution in [0.15, 0.2) is 65.6 Å². The SMILES string of the molecule is Oc1ccc2c(c1)SCCC(c1cccc(F)c1Cl)=C2c1ccc(OC2CCN(CCCF)C2)cc1. The summed E-state index contributed by atoms with van der Waals surface area (Å²) in [5, 5.41) is 10.2. The van der Waals surface area contributed by atoms with E-state index in [4.69, 9.17) is 16.3 Å². The van der Waals surface area contributed by atoms with Gasteiger partial charge in [-0.05, 0) is 83.5 Å². The smallest absolute Gasteiger partial charge is 0.142 e. The summed E-state index contributed by atoms with van der Waals surface area (Å²) in [6.45, 7) is 2.21. The molecule has 1 N–H and O–H groups in total. The molecule has 7 heteroatoms. The third-order valence-corrected chi connectivity index (χ3v) is 8.15. The first-order chi connectivity index (χ1) is 17.5. The monoisotopic (exact) mass is 527 g/mol. The molecule has 2 heterocycles. The van der Waals surface area contributed by atoms with E-state index in [2.05, 4.69) is 4.90 Å². The van der Waals surface area contributed by atoms with E-state index >= 15 is 0 Å². The predicted molar refractivity (Wildman–Crippen MR) is 143 cm³/mol. The summed E-state index contributed by atoms with van der Waals surface area (Å²) in [5.41, 5.74) is 4.60. The number of aromatic hydroxyl groups is 1. The number of benzene rings is 3. The van der Waals surface area contributed by atoms with Crippen molar-refractivity contribution < 1.29 is 18.6 Å². The zero-order valence-electron chi connectivity index (χ0n) is 19.9. The molecule has 0 bridgehead atoms. The predicted octanol–water partition coefficient (Wildman–Crippen LogP) is 7.45. The van der Waals surface area contributed by atoms with Crippen LogP contribution in [0.2, 0.25) is 5.02 Å². The van der Waals surface area contributed by atoms with E-state index < -0.39 is 5.82 Å². The molecular formula is C29H28ClF2NO2S. The number of phenolic OH excluding ortho intramolecular Hbond substituents is 1. The van der Waals surface area contributed by atoms with Gasteiger partial charge in [0.25, 0.3) is 0 Å². The minimum atomic E-state index is -0.440. The number of hydrogen-bond acceptors (Lipinski definition) is 4. The van der Waals surface area contributed by atoms with Crippen molar-refractivity contribution in [3.8, 4) is 11.5 Å². The highest BCUT2D eigenvalue weighted by Crippen LogP contribution is 2.45. The van der Waals surface area contributed by atoms with Gasteiger partial charge in [0.05, 0.1) is 11.7 Å². The second-order valence-electron chi connectivity index (χ2n) is 9.13. The lowest BCUT2D eigenvalue weighted by molar-refractivity contribution is 0.198. The van der Waals surface area contributed by atoms with Crippen LogP contribution >= 0.6 is 23.4 Å². The van der Waals surface area contributed by atoms with Crippen LogP contribution in [0.5, 0.6) is 11.5 Å². The van der Waals surface area contributed by atoms with Crippen LogP contribution in [-0.2, 0) is 0 Å². The lowest BCUT2D eigenvalue weighted by atomic mass is 9.88. The van der Waals surface area contributed by atoms with Crippen LogP contribution in [0, 0.1) is 5.82 Å². The summed E-state index contributed by atoms with van der Waals surface area (Å²) in [6.07, 6.45) is 2.28. The Bertz CT molecular complexity index is 1260. The Labute approximate surface area is 219 Å². The minimum absolute atomic E-state index is 0.0920. The Morgan fingerprint density at radius 1 is 1.08 bits per heavy atom. The highest BCUT2D eigenvalue weighted by atomic mass is 35.5. The lowest BCUT2D eigenvalue weighted by Gasteiger charge is -2.19. The molecule has 1 saturated heterocycles. The van der Waals surface area contributed by atoms with Gasteiger partial charge in [-0.25, -0.2) is 4.39 Å². The quantitative estimate of drug-likeness (QED) is 0.346. The summed E-state index contributed by atoms with van der Waals surface area (Å²) < 4.78 is 33.1. The van der Waals surface area contributed by atoms with E-state index in [1.54, 1.807) is 30.0 Å². The Morgan fingerprint density at radius 2 is 1.92 bits per heavy atom. The van der Waals surface area contributed by atoms with Crippen molar-refractivity contribution in [2.24, 2.45) is 0 Å². The number of fused-ring (bicyclic) bond motifs is 1. The topological polar surface area (TPSA) is 32.7 Å². The van der Waals surface area contributed by atoms with Gasteiger partial charge in [-0.2, -0.15) is 0 Å². The van der Waals surface area contributed by atoms with Crippen molar-refractivity contribution in [3.05, 3.63) is 88.2 Å². The van der Waals surface area contributed by atoms with Crippen LogP contribution < -0.4 is 4.74 Å². The molecule has 1 unspecified atom stereocenters. The van der Waals surface area contributed by atoms with Gasteiger partial charge in [0.15, 0.2) is 0 Å². The molecule has 3 nitrogen and oxygen atoms in total. The Balaban J connectivity index is 1.50. The van der Waals surface area contributed by atoms with Gasteiger partial charge in [0.2, 0.25) is 0 Å². The van der Waals surface area contributed by atoms with E-state index in [1.165, 1.54) is 6.07 Å². The van der Waals surface area contributed by atoms with Crippen molar-refractivity contribution in [2.45, 2.75) is 30.3 Å². The third-order valence-electron chi connectivity index (χ3n) is 6.71. The van der Waals surface area contributed by atoms with E-state index in [0.717, 1.165) is 64.7 Å². The molecule has 1 fully saturated rings. The zero-order chi connectivity index (χ0) is 25.1. The molecule has 0 spiro atoms. The fourth-order valence-electron chi connectivity index (χ4n) is 5.00. The first kappa shape index (κ1) is 25.1. The second-order valence-corrected chi connectivity index (χ2v) is 10.6. The number of hydrogen-bond donors (Lipinski definition) is 1. The first-order valence-electron chi connectivity index (χ1n) is 12.2. The van der Waals surface area contributed by atoms with Gasteiger partial charge < -0.3 is 9.84 Å². The van der Waals surface area contributed by atoms with Crippen molar-refractivity contribution >= 4 is 34.5 Å². The fourth-order valence-corrected chi connectivity index (χ4v) is 6.29. The third kappa shape index (κ3) is 5.41. The van der Waals surface area contributed by atoms with E-state index in [0.29, 0.717) is 18.4 Å². The Morgan fingerprint density at radius 3 is 2.72 bits per heavy atom. The van der Waals surface area contributed by atoms with Gasteiger partial charge in [-0.15, -0.1) is 11.8 Å². The maximum absolute atomic E-state index is 14.4. The molecule has 0 amide bonds. The molecule has 36 heavy (non-hydrogen) atoms. The first-order valence-corrected chi connectivity index (χ1v) is 13.6. The van der Waals surface area contributed by atoms with Crippen LogP contribution in [-0.4, -0.2) is 48.2 Å². The van der Waals surface area contributed by atoms with Crippen LogP contribution in [0.1, 0.15) is 36.0 Å². The van der Waals surface area contributed by atoms with E-state index in [1.807, 2.05) is 36.4 Å². The van der Waals surface area contributed by atoms with E-state index in [-0.39, 0.29) is 23.6 Å². The summed E-state index contributed by atoms with van der Waals surface area (Å²) in [7, 11) is 0. The van der Waals surface area contributed by atoms with Crippen molar-refractivity contribution in [1.82, 2.24) is 4.90 Å². The number of halogens is 3. The van der Waals surface area contributed by atoms with E-state index in [9.17, 15) is 13.9 Å².